The Bertz CT molecular complexity index is 1180. The van der Waals surface area contributed by atoms with Crippen LogP contribution in [0.1, 0.15) is 45.1 Å². The summed E-state index contributed by atoms with van der Waals surface area (Å²) in [5.41, 5.74) is 6.61. The van der Waals surface area contributed by atoms with Gasteiger partial charge >= 0.3 is 0 Å². The molecule has 0 bridgehead atoms. The molecule has 1 aromatic carbocycles. The summed E-state index contributed by atoms with van der Waals surface area (Å²) < 4.78 is 9.25. The van der Waals surface area contributed by atoms with Gasteiger partial charge in [0.25, 0.3) is 0 Å². The van der Waals surface area contributed by atoms with Crippen LogP contribution < -0.4 is 4.90 Å². The molecule has 0 saturated carbocycles. The Kier molecular flexibility index (Phi) is 7.91. The van der Waals surface area contributed by atoms with Crippen LogP contribution in [0.4, 0.5) is 5.69 Å². The quantitative estimate of drug-likeness (QED) is 0.407. The molecule has 3 aromatic rings. The van der Waals surface area contributed by atoms with E-state index in [0.29, 0.717) is 0 Å². The number of aliphatic hydroxyl groups is 1. The number of methoxy groups -OCH3 is 1. The molecule has 35 heavy (non-hydrogen) atoms. The molecular formula is C28H39BrN4O2. The number of pyridine rings is 1. The van der Waals surface area contributed by atoms with Gasteiger partial charge in [0.1, 0.15) is 0 Å². The lowest BCUT2D eigenvalue weighted by molar-refractivity contribution is 0.116. The summed E-state index contributed by atoms with van der Waals surface area (Å²) in [4.78, 5) is 9.79. The van der Waals surface area contributed by atoms with Gasteiger partial charge in [-0.05, 0) is 62.6 Å². The van der Waals surface area contributed by atoms with E-state index >= 15 is 0 Å². The molecule has 0 unspecified atom stereocenters. The van der Waals surface area contributed by atoms with Crippen molar-refractivity contribution in [2.45, 2.75) is 46.8 Å². The molecule has 3 heterocycles. The summed E-state index contributed by atoms with van der Waals surface area (Å²) in [6, 6.07) is 8.83. The van der Waals surface area contributed by atoms with Crippen LogP contribution in [0, 0.1) is 5.41 Å². The summed E-state index contributed by atoms with van der Waals surface area (Å²) >= 11 is 3.69. The highest BCUT2D eigenvalue weighted by Gasteiger charge is 2.28. The zero-order valence-corrected chi connectivity index (χ0v) is 23.5. The van der Waals surface area contributed by atoms with Crippen LogP contribution in [0.15, 0.2) is 34.9 Å². The number of nitrogens with zero attached hydrogens (tertiary/aromatic N) is 4. The molecule has 1 aliphatic rings. The zero-order valence-electron chi connectivity index (χ0n) is 21.9. The maximum Gasteiger partial charge on any atom is 0.0969 e. The second kappa shape index (κ2) is 10.6. The molecule has 1 fully saturated rings. The lowest BCUT2D eigenvalue weighted by atomic mass is 9.84. The number of hydrogen-bond acceptors (Lipinski definition) is 5. The van der Waals surface area contributed by atoms with Gasteiger partial charge in [-0.25, -0.2) is 0 Å². The fourth-order valence-corrected chi connectivity index (χ4v) is 5.43. The van der Waals surface area contributed by atoms with Crippen molar-refractivity contribution in [3.05, 3.63) is 46.2 Å². The van der Waals surface area contributed by atoms with Gasteiger partial charge < -0.3 is 24.2 Å². The van der Waals surface area contributed by atoms with E-state index in [1.54, 1.807) is 7.11 Å². The van der Waals surface area contributed by atoms with Crippen molar-refractivity contribution >= 4 is 32.5 Å². The highest BCUT2D eigenvalue weighted by Crippen LogP contribution is 2.42. The predicted molar refractivity (Wildman–Crippen MR) is 148 cm³/mol. The summed E-state index contributed by atoms with van der Waals surface area (Å²) in [5.74, 6) is 0. The van der Waals surface area contributed by atoms with Crippen LogP contribution in [-0.4, -0.2) is 66.5 Å². The maximum atomic E-state index is 10.2. The van der Waals surface area contributed by atoms with E-state index in [1.165, 1.54) is 22.2 Å². The van der Waals surface area contributed by atoms with Crippen molar-refractivity contribution in [3.8, 4) is 11.3 Å². The number of aromatic nitrogens is 2. The Balaban J connectivity index is 1.99. The molecular weight excluding hydrogens is 504 g/mol. The molecule has 0 aliphatic carbocycles. The van der Waals surface area contributed by atoms with Crippen molar-refractivity contribution in [1.29, 1.82) is 0 Å². The standard InChI is InChI=1S/C28H39BrN4O2/c1-7-33-25-9-8-20(29)14-22(25)24(16-28(3,4)18-34)27(33)23-15-21(17-30-26(23)19(2)35-6)32-12-10-31(5)11-13-32/h8-9,14-15,17,19,34H,7,10-13,16,18H2,1-6H3/t19-/m0/s1. The van der Waals surface area contributed by atoms with Crippen LogP contribution >= 0.6 is 15.9 Å². The van der Waals surface area contributed by atoms with E-state index < -0.39 is 0 Å². The van der Waals surface area contributed by atoms with Gasteiger partial charge in [-0.3, -0.25) is 4.98 Å². The third-order valence-electron chi connectivity index (χ3n) is 7.30. The Hall–Kier alpha value is -1.93. The van der Waals surface area contributed by atoms with Crippen LogP contribution in [0.2, 0.25) is 0 Å². The van der Waals surface area contributed by atoms with Gasteiger partial charge in [-0.2, -0.15) is 0 Å². The largest absolute Gasteiger partial charge is 0.396 e. The van der Waals surface area contributed by atoms with Gasteiger partial charge in [0.2, 0.25) is 0 Å². The highest BCUT2D eigenvalue weighted by molar-refractivity contribution is 9.10. The van der Waals surface area contributed by atoms with E-state index in [4.69, 9.17) is 9.72 Å². The minimum Gasteiger partial charge on any atom is -0.396 e. The van der Waals surface area contributed by atoms with E-state index in [9.17, 15) is 5.11 Å². The Morgan fingerprint density at radius 2 is 1.89 bits per heavy atom. The van der Waals surface area contributed by atoms with E-state index in [1.807, 2.05) is 6.20 Å². The molecule has 2 aromatic heterocycles. The van der Waals surface area contributed by atoms with E-state index in [-0.39, 0.29) is 18.1 Å². The van der Waals surface area contributed by atoms with E-state index in [2.05, 4.69) is 89.3 Å². The number of benzene rings is 1. The number of aryl methyl sites for hydroxylation is 1. The zero-order chi connectivity index (χ0) is 25.3. The number of anilines is 1. The van der Waals surface area contributed by atoms with Crippen molar-refractivity contribution in [3.63, 3.8) is 0 Å². The Labute approximate surface area is 218 Å². The van der Waals surface area contributed by atoms with Crippen LogP contribution in [0.3, 0.4) is 0 Å². The molecule has 1 atom stereocenters. The number of ether oxygens (including phenoxy) is 1. The first-order valence-corrected chi connectivity index (χ1v) is 13.4. The van der Waals surface area contributed by atoms with Crippen molar-refractivity contribution in [2.24, 2.45) is 5.41 Å². The average Bonchev–Trinajstić information content (AvgIpc) is 3.15. The molecule has 1 saturated heterocycles. The summed E-state index contributed by atoms with van der Waals surface area (Å²) in [6.07, 6.45) is 2.63. The smallest absolute Gasteiger partial charge is 0.0969 e. The maximum absolute atomic E-state index is 10.2. The molecule has 190 valence electrons. The number of hydrogen-bond donors (Lipinski definition) is 1. The molecule has 0 amide bonds. The van der Waals surface area contributed by atoms with Gasteiger partial charge in [0, 0.05) is 67.4 Å². The monoisotopic (exact) mass is 542 g/mol. The van der Waals surface area contributed by atoms with Crippen LogP contribution in [0.25, 0.3) is 22.2 Å². The predicted octanol–water partition coefficient (Wildman–Crippen LogP) is 5.51. The van der Waals surface area contributed by atoms with Gasteiger partial charge in [-0.1, -0.05) is 29.8 Å². The molecule has 1 aliphatic heterocycles. The minimum atomic E-state index is -0.251. The van der Waals surface area contributed by atoms with Crippen molar-refractivity contribution in [1.82, 2.24) is 14.5 Å². The first kappa shape index (κ1) is 26.1. The molecule has 1 N–H and O–H groups in total. The molecule has 0 radical (unpaired) electrons. The normalized spacial score (nSPS) is 16.3. The Morgan fingerprint density at radius 1 is 1.17 bits per heavy atom. The second-order valence-corrected chi connectivity index (χ2v) is 11.4. The van der Waals surface area contributed by atoms with Gasteiger partial charge in [0.05, 0.1) is 29.4 Å². The second-order valence-electron chi connectivity index (χ2n) is 10.5. The number of piperazine rings is 1. The number of aliphatic hydroxyl groups excluding tert-OH is 1. The highest BCUT2D eigenvalue weighted by atomic mass is 79.9. The van der Waals surface area contributed by atoms with E-state index in [0.717, 1.165) is 60.6 Å². The summed E-state index contributed by atoms with van der Waals surface area (Å²) in [6.45, 7) is 13.6. The molecule has 4 rings (SSSR count). The molecule has 7 heteroatoms. The lowest BCUT2D eigenvalue weighted by Gasteiger charge is -2.34. The first-order valence-electron chi connectivity index (χ1n) is 12.6. The van der Waals surface area contributed by atoms with Gasteiger partial charge in [-0.15, -0.1) is 0 Å². The Morgan fingerprint density at radius 3 is 2.51 bits per heavy atom. The minimum absolute atomic E-state index is 0.125. The lowest BCUT2D eigenvalue weighted by Crippen LogP contribution is -2.44. The van der Waals surface area contributed by atoms with Crippen LogP contribution in [-0.2, 0) is 17.7 Å². The number of halogens is 1. The van der Waals surface area contributed by atoms with Crippen LogP contribution in [0.5, 0.6) is 0 Å². The SMILES string of the molecule is CCn1c(-c2cc(N3CCN(C)CC3)cnc2[C@H](C)OC)c(CC(C)(C)CO)c2cc(Br)ccc21. The fourth-order valence-electron chi connectivity index (χ4n) is 5.07. The molecule has 6 nitrogen and oxygen atoms in total. The first-order chi connectivity index (χ1) is 16.7. The molecule has 0 spiro atoms. The number of likely N-dealkylation sites (N-methyl/N-ethyl adjacent to an activating group) is 1. The topological polar surface area (TPSA) is 53.8 Å². The summed E-state index contributed by atoms with van der Waals surface area (Å²) in [7, 11) is 3.92. The number of rotatable bonds is 8. The van der Waals surface area contributed by atoms with Crippen molar-refractivity contribution in [2.75, 3.05) is 51.8 Å². The third kappa shape index (κ3) is 5.29. The number of fused-ring (bicyclic) bond motifs is 1. The summed E-state index contributed by atoms with van der Waals surface area (Å²) in [5, 5.41) is 11.4. The third-order valence-corrected chi connectivity index (χ3v) is 7.79. The fraction of sp³-hybridized carbons (Fsp3) is 0.536. The average molecular weight is 544 g/mol. The van der Waals surface area contributed by atoms with Crippen molar-refractivity contribution < 1.29 is 9.84 Å². The van der Waals surface area contributed by atoms with Gasteiger partial charge in [0.15, 0.2) is 0 Å².